The molecule has 3 aromatic rings. The van der Waals surface area contributed by atoms with E-state index < -0.39 is 4.92 Å². The first-order chi connectivity index (χ1) is 9.15. The van der Waals surface area contributed by atoms with E-state index in [4.69, 9.17) is 5.73 Å². The Hall–Kier alpha value is -2.54. The van der Waals surface area contributed by atoms with Gasteiger partial charge in [0.15, 0.2) is 0 Å². The fourth-order valence-corrected chi connectivity index (χ4v) is 2.63. The topological polar surface area (TPSA) is 94.9 Å². The summed E-state index contributed by atoms with van der Waals surface area (Å²) in [7, 11) is 0. The number of nitro benzene ring substituents is 1. The highest BCUT2D eigenvalue weighted by Crippen LogP contribution is 2.32. The van der Waals surface area contributed by atoms with Crippen LogP contribution >= 0.6 is 11.3 Å². The lowest BCUT2D eigenvalue weighted by Gasteiger charge is -1.99. The van der Waals surface area contributed by atoms with Gasteiger partial charge in [-0.2, -0.15) is 0 Å². The predicted molar refractivity (Wildman–Crippen MR) is 73.9 cm³/mol. The standard InChI is InChI=1S/C12H8N4O2S/c13-8-4-3-7(6-10(8)16(17)18)11-15-9-2-1-5-14-12(9)19-11/h1-6H,13H2. The van der Waals surface area contributed by atoms with Crippen molar-refractivity contribution in [2.45, 2.75) is 0 Å². The van der Waals surface area contributed by atoms with Gasteiger partial charge in [-0.25, -0.2) is 9.97 Å². The van der Waals surface area contributed by atoms with Crippen molar-refractivity contribution in [2.24, 2.45) is 0 Å². The maximum absolute atomic E-state index is 10.9. The Bertz CT molecular complexity index is 751. The van der Waals surface area contributed by atoms with Crippen LogP contribution in [0, 0.1) is 10.1 Å². The monoisotopic (exact) mass is 272 g/mol. The second kappa shape index (κ2) is 4.29. The van der Waals surface area contributed by atoms with Crippen molar-refractivity contribution in [3.8, 4) is 10.6 Å². The van der Waals surface area contributed by atoms with E-state index >= 15 is 0 Å². The number of thiazole rings is 1. The zero-order valence-corrected chi connectivity index (χ0v) is 10.4. The molecule has 1 aromatic carbocycles. The number of nitrogens with zero attached hydrogens (tertiary/aromatic N) is 3. The normalized spacial score (nSPS) is 10.7. The summed E-state index contributed by atoms with van der Waals surface area (Å²) in [5, 5.41) is 11.6. The number of fused-ring (bicyclic) bond motifs is 1. The molecular formula is C12H8N4O2S. The lowest BCUT2D eigenvalue weighted by atomic mass is 10.2. The quantitative estimate of drug-likeness (QED) is 0.439. The van der Waals surface area contributed by atoms with Crippen molar-refractivity contribution in [1.29, 1.82) is 0 Å². The van der Waals surface area contributed by atoms with Crippen LogP contribution in [0.2, 0.25) is 0 Å². The molecule has 0 saturated carbocycles. The van der Waals surface area contributed by atoms with E-state index in [0.29, 0.717) is 10.6 Å². The van der Waals surface area contributed by atoms with E-state index in [-0.39, 0.29) is 11.4 Å². The number of nitro groups is 1. The van der Waals surface area contributed by atoms with E-state index in [1.807, 2.05) is 6.07 Å². The van der Waals surface area contributed by atoms with Crippen LogP contribution in [0.5, 0.6) is 0 Å². The summed E-state index contributed by atoms with van der Waals surface area (Å²) in [5.74, 6) is 0. The van der Waals surface area contributed by atoms with Gasteiger partial charge in [-0.1, -0.05) is 11.3 Å². The second-order valence-corrected chi connectivity index (χ2v) is 4.85. The number of pyridine rings is 1. The summed E-state index contributed by atoms with van der Waals surface area (Å²) in [6.07, 6.45) is 1.69. The van der Waals surface area contributed by atoms with Gasteiger partial charge in [-0.15, -0.1) is 0 Å². The molecule has 3 rings (SSSR count). The third-order valence-electron chi connectivity index (χ3n) is 2.64. The molecule has 0 unspecified atom stereocenters. The van der Waals surface area contributed by atoms with Crippen LogP contribution in [0.15, 0.2) is 36.5 Å². The second-order valence-electron chi connectivity index (χ2n) is 3.88. The van der Waals surface area contributed by atoms with E-state index in [2.05, 4.69) is 9.97 Å². The molecule has 0 bridgehead atoms. The number of benzene rings is 1. The fourth-order valence-electron chi connectivity index (χ4n) is 1.73. The number of hydrogen-bond donors (Lipinski definition) is 1. The van der Waals surface area contributed by atoms with E-state index in [9.17, 15) is 10.1 Å². The van der Waals surface area contributed by atoms with Crippen molar-refractivity contribution < 1.29 is 4.92 Å². The molecule has 2 N–H and O–H groups in total. The zero-order chi connectivity index (χ0) is 13.4. The highest BCUT2D eigenvalue weighted by Gasteiger charge is 2.15. The summed E-state index contributed by atoms with van der Waals surface area (Å²) in [5.41, 5.74) is 7.06. The van der Waals surface area contributed by atoms with Crippen LogP contribution in [0.1, 0.15) is 0 Å². The van der Waals surface area contributed by atoms with Crippen LogP contribution in [0.25, 0.3) is 20.9 Å². The highest BCUT2D eigenvalue weighted by atomic mass is 32.1. The van der Waals surface area contributed by atoms with E-state index in [1.165, 1.54) is 23.5 Å². The SMILES string of the molecule is Nc1ccc(-c2nc3cccnc3s2)cc1[N+](=O)[O-]. The van der Waals surface area contributed by atoms with Gasteiger partial charge in [-0.05, 0) is 24.3 Å². The first-order valence-corrected chi connectivity index (χ1v) is 6.22. The summed E-state index contributed by atoms with van der Waals surface area (Å²) in [4.78, 5) is 19.8. The van der Waals surface area contributed by atoms with Gasteiger partial charge >= 0.3 is 0 Å². The van der Waals surface area contributed by atoms with Gasteiger partial charge in [0.05, 0.1) is 4.92 Å². The smallest absolute Gasteiger partial charge is 0.292 e. The lowest BCUT2D eigenvalue weighted by Crippen LogP contribution is -1.95. The van der Waals surface area contributed by atoms with Crippen LogP contribution in [-0.4, -0.2) is 14.9 Å². The maximum Gasteiger partial charge on any atom is 0.292 e. The summed E-state index contributed by atoms with van der Waals surface area (Å²) in [6, 6.07) is 8.34. The van der Waals surface area contributed by atoms with Gasteiger partial charge in [0.25, 0.3) is 5.69 Å². The third-order valence-corrected chi connectivity index (χ3v) is 3.67. The Morgan fingerprint density at radius 3 is 2.89 bits per heavy atom. The van der Waals surface area contributed by atoms with Gasteiger partial charge in [0, 0.05) is 17.8 Å². The number of aromatic nitrogens is 2. The summed E-state index contributed by atoms with van der Waals surface area (Å²) in [6.45, 7) is 0. The molecule has 0 aliphatic carbocycles. The first-order valence-electron chi connectivity index (χ1n) is 5.41. The lowest BCUT2D eigenvalue weighted by molar-refractivity contribution is -0.383. The van der Waals surface area contributed by atoms with Gasteiger partial charge < -0.3 is 5.73 Å². The molecular weight excluding hydrogens is 264 g/mol. The fraction of sp³-hybridized carbons (Fsp3) is 0. The van der Waals surface area contributed by atoms with Crippen molar-refractivity contribution in [2.75, 3.05) is 5.73 Å². The van der Waals surface area contributed by atoms with Crippen LogP contribution < -0.4 is 5.73 Å². The molecule has 0 amide bonds. The van der Waals surface area contributed by atoms with Crippen molar-refractivity contribution in [1.82, 2.24) is 9.97 Å². The molecule has 2 heterocycles. The maximum atomic E-state index is 10.9. The molecule has 0 radical (unpaired) electrons. The Morgan fingerprint density at radius 1 is 1.32 bits per heavy atom. The van der Waals surface area contributed by atoms with E-state index in [1.54, 1.807) is 18.3 Å². The molecule has 0 spiro atoms. The third kappa shape index (κ3) is 2.00. The number of rotatable bonds is 2. The minimum Gasteiger partial charge on any atom is -0.393 e. The first kappa shape index (κ1) is 11.5. The molecule has 7 heteroatoms. The van der Waals surface area contributed by atoms with Gasteiger partial charge in [-0.3, -0.25) is 10.1 Å². The molecule has 19 heavy (non-hydrogen) atoms. The number of hydrogen-bond acceptors (Lipinski definition) is 6. The Kier molecular flexibility index (Phi) is 2.60. The highest BCUT2D eigenvalue weighted by molar-refractivity contribution is 7.21. The van der Waals surface area contributed by atoms with Crippen molar-refractivity contribution in [3.05, 3.63) is 46.6 Å². The zero-order valence-electron chi connectivity index (χ0n) is 9.61. The molecule has 94 valence electrons. The number of anilines is 1. The average Bonchev–Trinajstić information content (AvgIpc) is 2.82. The van der Waals surface area contributed by atoms with Crippen LogP contribution in [-0.2, 0) is 0 Å². The summed E-state index contributed by atoms with van der Waals surface area (Å²) >= 11 is 1.39. The molecule has 0 aliphatic heterocycles. The molecule has 0 atom stereocenters. The Balaban J connectivity index is 2.16. The minimum absolute atomic E-state index is 0.107. The number of nitrogens with two attached hydrogens (primary N) is 1. The summed E-state index contributed by atoms with van der Waals surface area (Å²) < 4.78 is 0. The molecule has 2 aromatic heterocycles. The predicted octanol–water partition coefficient (Wildman–Crippen LogP) is 2.85. The van der Waals surface area contributed by atoms with E-state index in [0.717, 1.165) is 10.3 Å². The number of nitrogen functional groups attached to an aromatic ring is 1. The molecule has 0 aliphatic rings. The van der Waals surface area contributed by atoms with Gasteiger partial charge in [0.1, 0.15) is 21.0 Å². The minimum atomic E-state index is -0.496. The molecule has 0 fully saturated rings. The Labute approximate surface area is 111 Å². The van der Waals surface area contributed by atoms with Crippen LogP contribution in [0.3, 0.4) is 0 Å². The average molecular weight is 272 g/mol. The van der Waals surface area contributed by atoms with Crippen LogP contribution in [0.4, 0.5) is 11.4 Å². The Morgan fingerprint density at radius 2 is 2.16 bits per heavy atom. The molecule has 6 nitrogen and oxygen atoms in total. The van der Waals surface area contributed by atoms with Gasteiger partial charge in [0.2, 0.25) is 0 Å². The largest absolute Gasteiger partial charge is 0.393 e. The van der Waals surface area contributed by atoms with Crippen molar-refractivity contribution >= 4 is 33.1 Å². The van der Waals surface area contributed by atoms with Crippen molar-refractivity contribution in [3.63, 3.8) is 0 Å². The molecule has 0 saturated heterocycles.